The highest BCUT2D eigenvalue weighted by atomic mass is 32.2. The van der Waals surface area contributed by atoms with Gasteiger partial charge >= 0.3 is 5.97 Å². The molecule has 3 atom stereocenters. The van der Waals surface area contributed by atoms with E-state index in [1.165, 1.54) is 28.6 Å². The Kier molecular flexibility index (Phi) is 6.41. The van der Waals surface area contributed by atoms with Crippen LogP contribution in [0.25, 0.3) is 0 Å². The highest BCUT2D eigenvalue weighted by Crippen LogP contribution is 2.23. The van der Waals surface area contributed by atoms with Crippen molar-refractivity contribution < 1.29 is 22.7 Å². The summed E-state index contributed by atoms with van der Waals surface area (Å²) < 4.78 is 38.4. The third-order valence-corrected chi connectivity index (χ3v) is 6.79. The first-order valence-electron chi connectivity index (χ1n) is 9.70. The number of carbonyl (C=O) groups is 1. The Balaban J connectivity index is 1.70. The van der Waals surface area contributed by atoms with Gasteiger partial charge in [-0.2, -0.15) is 4.31 Å². The molecule has 1 heterocycles. The summed E-state index contributed by atoms with van der Waals surface area (Å²) in [6.45, 7) is 8.13. The van der Waals surface area contributed by atoms with E-state index in [1.54, 1.807) is 0 Å². The first-order valence-corrected chi connectivity index (χ1v) is 11.1. The van der Waals surface area contributed by atoms with Crippen molar-refractivity contribution >= 4 is 16.0 Å². The summed E-state index contributed by atoms with van der Waals surface area (Å²) in [5.74, 6) is -0.490. The van der Waals surface area contributed by atoms with Gasteiger partial charge in [0.2, 0.25) is 10.0 Å². The molecule has 1 fully saturated rings. The summed E-state index contributed by atoms with van der Waals surface area (Å²) in [5.41, 5.74) is 2.35. The van der Waals surface area contributed by atoms with E-state index in [9.17, 15) is 13.2 Å². The van der Waals surface area contributed by atoms with Gasteiger partial charge in [0.1, 0.15) is 6.10 Å². The molecule has 29 heavy (non-hydrogen) atoms. The number of nitrogens with zero attached hydrogens (tertiary/aromatic N) is 1. The van der Waals surface area contributed by atoms with Crippen molar-refractivity contribution in [2.24, 2.45) is 0 Å². The molecule has 0 aliphatic carbocycles. The molecule has 0 unspecified atom stereocenters. The maximum absolute atomic E-state index is 12.9. The fourth-order valence-corrected chi connectivity index (χ4v) is 4.96. The van der Waals surface area contributed by atoms with E-state index in [-0.39, 0.29) is 17.1 Å². The predicted molar refractivity (Wildman–Crippen MR) is 110 cm³/mol. The quantitative estimate of drug-likeness (QED) is 0.694. The van der Waals surface area contributed by atoms with E-state index < -0.39 is 22.1 Å². The number of rotatable bonds is 5. The summed E-state index contributed by atoms with van der Waals surface area (Å²) in [5, 5.41) is 0. The molecule has 0 spiro atoms. The summed E-state index contributed by atoms with van der Waals surface area (Å²) in [6, 6.07) is 13.7. The SMILES string of the molecule is Cc1ccc([C@H](C)OC(=O)c2ccc(S(=O)(=O)N3C[C@@H](C)O[C@H](C)C3)cc2)cc1. The minimum Gasteiger partial charge on any atom is -0.454 e. The largest absolute Gasteiger partial charge is 0.454 e. The fourth-order valence-electron chi connectivity index (χ4n) is 3.37. The van der Waals surface area contributed by atoms with Crippen molar-refractivity contribution in [1.29, 1.82) is 0 Å². The molecule has 6 nitrogen and oxygen atoms in total. The van der Waals surface area contributed by atoms with Crippen LogP contribution >= 0.6 is 0 Å². The van der Waals surface area contributed by atoms with Crippen LogP contribution in [0.2, 0.25) is 0 Å². The Labute approximate surface area is 172 Å². The van der Waals surface area contributed by atoms with Crippen molar-refractivity contribution in [3.8, 4) is 0 Å². The Morgan fingerprint density at radius 2 is 1.59 bits per heavy atom. The van der Waals surface area contributed by atoms with Gasteiger partial charge in [-0.3, -0.25) is 0 Å². The van der Waals surface area contributed by atoms with Gasteiger partial charge in [0.25, 0.3) is 0 Å². The number of sulfonamides is 1. The summed E-state index contributed by atoms with van der Waals surface area (Å²) in [7, 11) is -3.64. The molecule has 156 valence electrons. The number of aryl methyl sites for hydroxylation is 1. The topological polar surface area (TPSA) is 72.9 Å². The van der Waals surface area contributed by atoms with Crippen LogP contribution in [-0.2, 0) is 19.5 Å². The number of hydrogen-bond donors (Lipinski definition) is 0. The monoisotopic (exact) mass is 417 g/mol. The standard InChI is InChI=1S/C22H27NO5S/c1-15-5-7-19(8-6-15)18(4)28-22(24)20-9-11-21(12-10-20)29(25,26)23-13-16(2)27-17(3)14-23/h5-12,16-18H,13-14H2,1-4H3/t16-,17-,18+/m1/s1. The minimum absolute atomic E-state index is 0.155. The Hall–Kier alpha value is -2.22. The molecule has 0 N–H and O–H groups in total. The lowest BCUT2D eigenvalue weighted by Crippen LogP contribution is -2.48. The van der Waals surface area contributed by atoms with Crippen molar-refractivity contribution in [1.82, 2.24) is 4.31 Å². The van der Waals surface area contributed by atoms with Crippen LogP contribution < -0.4 is 0 Å². The van der Waals surface area contributed by atoms with Crippen molar-refractivity contribution in [2.75, 3.05) is 13.1 Å². The Bertz CT molecular complexity index is 944. The zero-order valence-electron chi connectivity index (χ0n) is 17.2. The van der Waals surface area contributed by atoms with Crippen LogP contribution in [0.15, 0.2) is 53.4 Å². The average Bonchev–Trinajstić information content (AvgIpc) is 2.67. The van der Waals surface area contributed by atoms with E-state index in [0.29, 0.717) is 18.7 Å². The molecular formula is C22H27NO5S. The van der Waals surface area contributed by atoms with E-state index in [1.807, 2.05) is 52.0 Å². The third-order valence-electron chi connectivity index (χ3n) is 4.94. The second-order valence-electron chi connectivity index (χ2n) is 7.56. The second-order valence-corrected chi connectivity index (χ2v) is 9.50. The molecule has 1 saturated heterocycles. The van der Waals surface area contributed by atoms with Gasteiger partial charge in [0, 0.05) is 13.1 Å². The number of morpholine rings is 1. The number of hydrogen-bond acceptors (Lipinski definition) is 5. The second kappa shape index (κ2) is 8.65. The van der Waals surface area contributed by atoms with Crippen molar-refractivity contribution in [3.63, 3.8) is 0 Å². The molecule has 0 amide bonds. The molecular weight excluding hydrogens is 390 g/mol. The number of benzene rings is 2. The third kappa shape index (κ3) is 5.04. The van der Waals surface area contributed by atoms with E-state index >= 15 is 0 Å². The number of carbonyl (C=O) groups excluding carboxylic acids is 1. The molecule has 1 aliphatic rings. The normalized spacial score (nSPS) is 21.5. The van der Waals surface area contributed by atoms with Crippen LogP contribution in [0.5, 0.6) is 0 Å². The van der Waals surface area contributed by atoms with Crippen LogP contribution in [0, 0.1) is 6.92 Å². The highest BCUT2D eigenvalue weighted by Gasteiger charge is 2.32. The first-order chi connectivity index (χ1) is 13.7. The van der Waals surface area contributed by atoms with Crippen molar-refractivity contribution in [3.05, 3.63) is 65.2 Å². The Morgan fingerprint density at radius 3 is 2.14 bits per heavy atom. The van der Waals surface area contributed by atoms with Crippen LogP contribution in [-0.4, -0.2) is 44.0 Å². The van der Waals surface area contributed by atoms with Crippen LogP contribution in [0.3, 0.4) is 0 Å². The number of esters is 1. The van der Waals surface area contributed by atoms with Gasteiger partial charge in [0.15, 0.2) is 0 Å². The minimum atomic E-state index is -3.64. The molecule has 0 bridgehead atoms. The maximum Gasteiger partial charge on any atom is 0.338 e. The fraction of sp³-hybridized carbons (Fsp3) is 0.409. The highest BCUT2D eigenvalue weighted by molar-refractivity contribution is 7.89. The van der Waals surface area contributed by atoms with E-state index in [4.69, 9.17) is 9.47 Å². The smallest absolute Gasteiger partial charge is 0.338 e. The molecule has 0 radical (unpaired) electrons. The van der Waals surface area contributed by atoms with Gasteiger partial charge in [-0.1, -0.05) is 29.8 Å². The van der Waals surface area contributed by atoms with Crippen LogP contribution in [0.4, 0.5) is 0 Å². The average molecular weight is 418 g/mol. The van der Waals surface area contributed by atoms with Gasteiger partial charge in [-0.15, -0.1) is 0 Å². The summed E-state index contributed by atoms with van der Waals surface area (Å²) in [6.07, 6.45) is -0.722. The lowest BCUT2D eigenvalue weighted by atomic mass is 10.1. The lowest BCUT2D eigenvalue weighted by molar-refractivity contribution is -0.0440. The molecule has 3 rings (SSSR count). The molecule has 2 aromatic carbocycles. The van der Waals surface area contributed by atoms with Crippen LogP contribution in [0.1, 0.15) is 48.4 Å². The first kappa shape index (κ1) is 21.5. The van der Waals surface area contributed by atoms with Gasteiger partial charge in [-0.05, 0) is 57.5 Å². The van der Waals surface area contributed by atoms with E-state index in [0.717, 1.165) is 11.1 Å². The van der Waals surface area contributed by atoms with E-state index in [2.05, 4.69) is 0 Å². The molecule has 0 saturated carbocycles. The maximum atomic E-state index is 12.9. The summed E-state index contributed by atoms with van der Waals surface area (Å²) >= 11 is 0. The summed E-state index contributed by atoms with van der Waals surface area (Å²) in [4.78, 5) is 12.6. The lowest BCUT2D eigenvalue weighted by Gasteiger charge is -2.34. The zero-order chi connectivity index (χ0) is 21.2. The van der Waals surface area contributed by atoms with Gasteiger partial charge in [-0.25, -0.2) is 13.2 Å². The molecule has 0 aromatic heterocycles. The Morgan fingerprint density at radius 1 is 1.03 bits per heavy atom. The number of ether oxygens (including phenoxy) is 2. The van der Waals surface area contributed by atoms with Gasteiger partial charge in [0.05, 0.1) is 22.7 Å². The predicted octanol–water partition coefficient (Wildman–Crippen LogP) is 3.71. The van der Waals surface area contributed by atoms with Gasteiger partial charge < -0.3 is 9.47 Å². The molecule has 7 heteroatoms. The molecule has 2 aromatic rings. The van der Waals surface area contributed by atoms with Crippen molar-refractivity contribution in [2.45, 2.75) is 50.9 Å². The molecule has 1 aliphatic heterocycles. The zero-order valence-corrected chi connectivity index (χ0v) is 18.0.